The number of methoxy groups -OCH3 is 2. The molecule has 0 bridgehead atoms. The van der Waals surface area contributed by atoms with E-state index in [0.717, 1.165) is 0 Å². The summed E-state index contributed by atoms with van der Waals surface area (Å²) in [7, 11) is -0.388. The van der Waals surface area contributed by atoms with E-state index in [0.29, 0.717) is 17.2 Å². The number of ether oxygens (including phenoxy) is 2. The second-order valence-electron chi connectivity index (χ2n) is 4.22. The molecule has 0 saturated heterocycles. The van der Waals surface area contributed by atoms with Gasteiger partial charge >= 0.3 is 7.60 Å². The van der Waals surface area contributed by atoms with Crippen molar-refractivity contribution in [3.63, 3.8) is 0 Å². The van der Waals surface area contributed by atoms with Crippen LogP contribution in [-0.4, -0.2) is 39.5 Å². The number of hydrogen-bond acceptors (Lipinski definition) is 6. The molecular formula is C14H22NO6P. The maximum Gasteiger partial charge on any atom is 0.340 e. The Morgan fingerprint density at radius 3 is 2.18 bits per heavy atom. The third kappa shape index (κ3) is 5.33. The molecule has 0 atom stereocenters. The Labute approximate surface area is 130 Å². The summed E-state index contributed by atoms with van der Waals surface area (Å²) >= 11 is 0. The lowest BCUT2D eigenvalue weighted by Crippen LogP contribution is -2.18. The van der Waals surface area contributed by atoms with Gasteiger partial charge in [-0.2, -0.15) is 0 Å². The Hall–Kier alpha value is -1.56. The highest BCUT2D eigenvalue weighted by molar-refractivity contribution is 7.54. The van der Waals surface area contributed by atoms with Crippen LogP contribution in [0, 0.1) is 0 Å². The minimum atomic E-state index is -3.41. The standard InChI is InChI=1S/C14H22NO6P/c1-5-20-22(17,21-6-2)10-14(16)15-11-7-8-12(18-3)13(9-11)19-4/h7-9H,5-6,10H2,1-4H3,(H,15,16). The average Bonchev–Trinajstić information content (AvgIpc) is 2.47. The smallest absolute Gasteiger partial charge is 0.340 e. The van der Waals surface area contributed by atoms with Crippen molar-refractivity contribution in [2.75, 3.05) is 38.9 Å². The van der Waals surface area contributed by atoms with Crippen molar-refractivity contribution in [2.24, 2.45) is 0 Å². The topological polar surface area (TPSA) is 83.1 Å². The minimum absolute atomic E-state index is 0.209. The Kier molecular flexibility index (Phi) is 7.38. The van der Waals surface area contributed by atoms with Gasteiger partial charge in [0.1, 0.15) is 6.16 Å². The normalized spacial score (nSPS) is 11.1. The van der Waals surface area contributed by atoms with Gasteiger partial charge in [-0.05, 0) is 26.0 Å². The van der Waals surface area contributed by atoms with Gasteiger partial charge in [0.25, 0.3) is 0 Å². The molecule has 0 aliphatic rings. The lowest BCUT2D eigenvalue weighted by molar-refractivity contribution is -0.114. The van der Waals surface area contributed by atoms with Crippen LogP contribution in [0.2, 0.25) is 0 Å². The van der Waals surface area contributed by atoms with Crippen molar-refractivity contribution in [3.05, 3.63) is 18.2 Å². The van der Waals surface area contributed by atoms with Gasteiger partial charge in [-0.25, -0.2) is 0 Å². The Balaban J connectivity index is 2.77. The third-order valence-electron chi connectivity index (χ3n) is 2.66. The van der Waals surface area contributed by atoms with E-state index in [1.165, 1.54) is 14.2 Å². The molecule has 0 heterocycles. The van der Waals surface area contributed by atoms with Crippen molar-refractivity contribution in [3.8, 4) is 11.5 Å². The predicted octanol–water partition coefficient (Wildman–Crippen LogP) is 2.91. The quantitative estimate of drug-likeness (QED) is 0.701. The molecule has 8 heteroatoms. The van der Waals surface area contributed by atoms with E-state index < -0.39 is 13.5 Å². The van der Waals surface area contributed by atoms with Crippen LogP contribution in [0.3, 0.4) is 0 Å². The number of benzene rings is 1. The van der Waals surface area contributed by atoms with Crippen molar-refractivity contribution in [2.45, 2.75) is 13.8 Å². The Morgan fingerprint density at radius 2 is 1.68 bits per heavy atom. The van der Waals surface area contributed by atoms with Crippen molar-refractivity contribution in [1.29, 1.82) is 0 Å². The lowest BCUT2D eigenvalue weighted by atomic mass is 10.2. The first-order valence-electron chi connectivity index (χ1n) is 6.88. The Bertz CT molecular complexity index is 538. The van der Waals surface area contributed by atoms with Crippen molar-refractivity contribution < 1.29 is 27.9 Å². The maximum atomic E-state index is 12.3. The number of hydrogen-bond donors (Lipinski definition) is 1. The summed E-state index contributed by atoms with van der Waals surface area (Å²) < 4.78 is 32.7. The van der Waals surface area contributed by atoms with Gasteiger partial charge in [0.15, 0.2) is 11.5 Å². The van der Waals surface area contributed by atoms with E-state index in [1.807, 2.05) is 0 Å². The van der Waals surface area contributed by atoms with Crippen LogP contribution in [0.25, 0.3) is 0 Å². The second kappa shape index (κ2) is 8.78. The van der Waals surface area contributed by atoms with Crippen LogP contribution in [-0.2, 0) is 18.4 Å². The summed E-state index contributed by atoms with van der Waals surface area (Å²) in [5.41, 5.74) is 0.502. The number of rotatable bonds is 9. The van der Waals surface area contributed by atoms with Crippen LogP contribution in [0.5, 0.6) is 11.5 Å². The van der Waals surface area contributed by atoms with Crippen LogP contribution >= 0.6 is 7.60 Å². The first-order chi connectivity index (χ1) is 10.5. The maximum absolute atomic E-state index is 12.3. The summed E-state index contributed by atoms with van der Waals surface area (Å²) in [6, 6.07) is 4.94. The van der Waals surface area contributed by atoms with E-state index in [-0.39, 0.29) is 19.4 Å². The largest absolute Gasteiger partial charge is 0.493 e. The molecule has 1 amide bonds. The molecule has 0 saturated carbocycles. The molecule has 0 spiro atoms. The lowest BCUT2D eigenvalue weighted by Gasteiger charge is -2.16. The van der Waals surface area contributed by atoms with E-state index >= 15 is 0 Å². The van der Waals surface area contributed by atoms with Gasteiger partial charge < -0.3 is 23.8 Å². The zero-order valence-corrected chi connectivity index (χ0v) is 14.1. The third-order valence-corrected chi connectivity index (χ3v) is 4.63. The SMILES string of the molecule is CCOP(=O)(CC(=O)Nc1ccc(OC)c(OC)c1)OCC. The molecule has 0 radical (unpaired) electrons. The summed E-state index contributed by atoms with van der Waals surface area (Å²) in [5.74, 6) is 0.574. The van der Waals surface area contributed by atoms with Gasteiger partial charge in [-0.15, -0.1) is 0 Å². The van der Waals surface area contributed by atoms with Crippen LogP contribution in [0.15, 0.2) is 18.2 Å². The fourth-order valence-electron chi connectivity index (χ4n) is 1.81. The molecule has 22 heavy (non-hydrogen) atoms. The predicted molar refractivity (Wildman–Crippen MR) is 83.9 cm³/mol. The molecular weight excluding hydrogens is 309 g/mol. The second-order valence-corrected chi connectivity index (χ2v) is 6.28. The zero-order chi connectivity index (χ0) is 16.6. The molecule has 7 nitrogen and oxygen atoms in total. The van der Waals surface area contributed by atoms with Gasteiger partial charge in [-0.1, -0.05) is 0 Å². The molecule has 0 aliphatic heterocycles. The van der Waals surface area contributed by atoms with E-state index in [1.54, 1.807) is 32.0 Å². The van der Waals surface area contributed by atoms with Crippen LogP contribution in [0.4, 0.5) is 5.69 Å². The highest BCUT2D eigenvalue weighted by Gasteiger charge is 2.27. The fourth-order valence-corrected chi connectivity index (χ4v) is 3.29. The van der Waals surface area contributed by atoms with Crippen LogP contribution < -0.4 is 14.8 Å². The van der Waals surface area contributed by atoms with Gasteiger partial charge in [0, 0.05) is 11.8 Å². The first kappa shape index (κ1) is 18.5. The summed E-state index contributed by atoms with van der Waals surface area (Å²) in [6.45, 7) is 3.80. The van der Waals surface area contributed by atoms with Crippen molar-refractivity contribution >= 4 is 19.2 Å². The molecule has 1 aromatic carbocycles. The number of anilines is 1. The zero-order valence-electron chi connectivity index (χ0n) is 13.3. The summed E-state index contributed by atoms with van der Waals surface area (Å²) in [4.78, 5) is 12.0. The molecule has 1 aromatic rings. The van der Waals surface area contributed by atoms with Crippen molar-refractivity contribution in [1.82, 2.24) is 0 Å². The molecule has 0 fully saturated rings. The molecule has 0 aliphatic carbocycles. The number of carbonyl (C=O) groups is 1. The molecule has 1 rings (SSSR count). The summed E-state index contributed by atoms with van der Waals surface area (Å²) in [5, 5.41) is 2.63. The average molecular weight is 331 g/mol. The number of nitrogens with one attached hydrogen (secondary N) is 1. The van der Waals surface area contributed by atoms with Gasteiger partial charge in [-0.3, -0.25) is 9.36 Å². The highest BCUT2D eigenvalue weighted by Crippen LogP contribution is 2.47. The highest BCUT2D eigenvalue weighted by atomic mass is 31.2. The molecule has 1 N–H and O–H groups in total. The molecule has 124 valence electrons. The van der Waals surface area contributed by atoms with E-state index in [2.05, 4.69) is 5.32 Å². The Morgan fingerprint density at radius 1 is 1.09 bits per heavy atom. The molecule has 0 aromatic heterocycles. The van der Waals surface area contributed by atoms with Crippen LogP contribution in [0.1, 0.15) is 13.8 Å². The molecule has 0 unspecified atom stereocenters. The van der Waals surface area contributed by atoms with E-state index in [4.69, 9.17) is 18.5 Å². The van der Waals surface area contributed by atoms with E-state index in [9.17, 15) is 9.36 Å². The first-order valence-corrected chi connectivity index (χ1v) is 8.60. The number of carbonyl (C=O) groups excluding carboxylic acids is 1. The fraction of sp³-hybridized carbons (Fsp3) is 0.500. The van der Waals surface area contributed by atoms with Gasteiger partial charge in [0.2, 0.25) is 5.91 Å². The minimum Gasteiger partial charge on any atom is -0.493 e. The van der Waals surface area contributed by atoms with Gasteiger partial charge in [0.05, 0.1) is 27.4 Å². The number of amides is 1. The monoisotopic (exact) mass is 331 g/mol. The summed E-state index contributed by atoms with van der Waals surface area (Å²) in [6.07, 6.45) is -0.344.